The van der Waals surface area contributed by atoms with E-state index in [1.165, 1.54) is 0 Å². The highest BCUT2D eigenvalue weighted by molar-refractivity contribution is 9.10. The van der Waals surface area contributed by atoms with Crippen LogP contribution in [-0.2, 0) is 14.6 Å². The molecular weight excluding hydrogens is 358 g/mol. The molecule has 112 valence electrons. The molecule has 0 radical (unpaired) electrons. The normalized spacial score (nSPS) is 20.5. The third-order valence-corrected chi connectivity index (χ3v) is 5.34. The molecule has 1 unspecified atom stereocenters. The van der Waals surface area contributed by atoms with Gasteiger partial charge >= 0.3 is 0 Å². The lowest BCUT2D eigenvalue weighted by atomic mass is 10.1. The van der Waals surface area contributed by atoms with E-state index in [1.54, 1.807) is 18.2 Å². The first-order chi connectivity index (χ1) is 9.89. The minimum atomic E-state index is -3.07. The van der Waals surface area contributed by atoms with Gasteiger partial charge in [0.05, 0.1) is 22.8 Å². The monoisotopic (exact) mass is 371 g/mol. The Morgan fingerprint density at radius 1 is 1.52 bits per heavy atom. The maximum atomic E-state index is 12.0. The Morgan fingerprint density at radius 3 is 2.95 bits per heavy atom. The maximum Gasteiger partial charge on any atom is 0.226 e. The van der Waals surface area contributed by atoms with Gasteiger partial charge in [-0.05, 0) is 18.2 Å². The molecule has 1 aromatic carbocycles. The van der Waals surface area contributed by atoms with E-state index in [-0.39, 0.29) is 29.9 Å². The van der Waals surface area contributed by atoms with Gasteiger partial charge in [0.1, 0.15) is 6.07 Å². The first-order valence-electron chi connectivity index (χ1n) is 6.33. The van der Waals surface area contributed by atoms with Crippen LogP contribution in [0.5, 0.6) is 0 Å². The number of benzene rings is 1. The number of nitrogens with one attached hydrogen (secondary N) is 2. The summed E-state index contributed by atoms with van der Waals surface area (Å²) in [7, 11) is -3.07. The zero-order chi connectivity index (χ0) is 15.5. The molecule has 21 heavy (non-hydrogen) atoms. The van der Waals surface area contributed by atoms with E-state index in [9.17, 15) is 13.2 Å². The molecule has 0 aromatic heterocycles. The molecule has 1 aromatic rings. The predicted octanol–water partition coefficient (Wildman–Crippen LogP) is 1.04. The van der Waals surface area contributed by atoms with E-state index in [2.05, 4.69) is 26.6 Å². The van der Waals surface area contributed by atoms with Gasteiger partial charge in [-0.3, -0.25) is 4.79 Å². The second kappa shape index (κ2) is 6.56. The molecule has 1 saturated heterocycles. The summed E-state index contributed by atoms with van der Waals surface area (Å²) in [6.07, 6.45) is 0.0557. The molecule has 1 aliphatic heterocycles. The Bertz CT molecular complexity index is 697. The first-order valence-corrected chi connectivity index (χ1v) is 8.94. The average molecular weight is 372 g/mol. The summed E-state index contributed by atoms with van der Waals surface area (Å²) in [4.78, 5) is 12.0. The molecule has 2 rings (SSSR count). The summed E-state index contributed by atoms with van der Waals surface area (Å²) in [5.41, 5.74) is 0.770. The van der Waals surface area contributed by atoms with Crippen LogP contribution in [0.15, 0.2) is 22.7 Å². The van der Waals surface area contributed by atoms with E-state index in [1.807, 2.05) is 6.07 Å². The molecule has 2 N–H and O–H groups in total. The SMILES string of the molecule is N#Cc1cc(Br)ccc1NC(=O)CC1CS(=O)(=O)CCN1. The molecule has 0 saturated carbocycles. The van der Waals surface area contributed by atoms with Gasteiger partial charge in [-0.25, -0.2) is 8.42 Å². The number of anilines is 1. The van der Waals surface area contributed by atoms with E-state index >= 15 is 0 Å². The molecule has 0 spiro atoms. The topological polar surface area (TPSA) is 99.1 Å². The fourth-order valence-electron chi connectivity index (χ4n) is 2.14. The van der Waals surface area contributed by atoms with Crippen LogP contribution < -0.4 is 10.6 Å². The fraction of sp³-hybridized carbons (Fsp3) is 0.385. The van der Waals surface area contributed by atoms with Gasteiger partial charge in [-0.1, -0.05) is 15.9 Å². The lowest BCUT2D eigenvalue weighted by Gasteiger charge is -2.23. The third-order valence-electron chi connectivity index (χ3n) is 3.11. The molecule has 1 heterocycles. The van der Waals surface area contributed by atoms with Crippen molar-refractivity contribution < 1.29 is 13.2 Å². The van der Waals surface area contributed by atoms with Crippen molar-refractivity contribution in [1.82, 2.24) is 5.32 Å². The van der Waals surface area contributed by atoms with Gasteiger partial charge in [0, 0.05) is 23.5 Å². The first kappa shape index (κ1) is 15.9. The minimum absolute atomic E-state index is 0.0358. The molecule has 1 fully saturated rings. The van der Waals surface area contributed by atoms with Crippen molar-refractivity contribution >= 4 is 37.4 Å². The number of sulfone groups is 1. The van der Waals surface area contributed by atoms with E-state index in [0.717, 1.165) is 4.47 Å². The van der Waals surface area contributed by atoms with Crippen molar-refractivity contribution in [1.29, 1.82) is 5.26 Å². The van der Waals surface area contributed by atoms with Crippen LogP contribution in [0.4, 0.5) is 5.69 Å². The Balaban J connectivity index is 2.01. The number of halogens is 1. The van der Waals surface area contributed by atoms with Gasteiger partial charge in [-0.2, -0.15) is 5.26 Å². The van der Waals surface area contributed by atoms with Crippen LogP contribution in [0.2, 0.25) is 0 Å². The zero-order valence-electron chi connectivity index (χ0n) is 11.1. The van der Waals surface area contributed by atoms with Gasteiger partial charge in [0.2, 0.25) is 5.91 Å². The summed E-state index contributed by atoms with van der Waals surface area (Å²) in [5.74, 6) is -0.245. The number of rotatable bonds is 3. The molecule has 1 aliphatic rings. The molecule has 0 bridgehead atoms. The largest absolute Gasteiger partial charge is 0.325 e. The van der Waals surface area contributed by atoms with Gasteiger partial charge in [-0.15, -0.1) is 0 Å². The van der Waals surface area contributed by atoms with Gasteiger partial charge in [0.15, 0.2) is 9.84 Å². The van der Waals surface area contributed by atoms with Crippen LogP contribution in [-0.4, -0.2) is 38.4 Å². The van der Waals surface area contributed by atoms with Crippen LogP contribution in [0.1, 0.15) is 12.0 Å². The number of carbonyl (C=O) groups excluding carboxylic acids is 1. The van der Waals surface area contributed by atoms with Crippen LogP contribution in [0.3, 0.4) is 0 Å². The standard InChI is InChI=1S/C13H14BrN3O3S/c14-10-1-2-12(9(5-10)7-15)17-13(18)6-11-8-21(19,20)4-3-16-11/h1-2,5,11,16H,3-4,6,8H2,(H,17,18). The van der Waals surface area contributed by atoms with Crippen molar-refractivity contribution in [3.63, 3.8) is 0 Å². The highest BCUT2D eigenvalue weighted by Gasteiger charge is 2.26. The fourth-order valence-corrected chi connectivity index (χ4v) is 3.95. The summed E-state index contributed by atoms with van der Waals surface area (Å²) in [5, 5.41) is 14.7. The summed E-state index contributed by atoms with van der Waals surface area (Å²) in [6, 6.07) is 6.58. The Hall–Kier alpha value is -1.43. The van der Waals surface area contributed by atoms with Gasteiger partial charge < -0.3 is 10.6 Å². The van der Waals surface area contributed by atoms with Crippen molar-refractivity contribution in [2.24, 2.45) is 0 Å². The molecular formula is C13H14BrN3O3S. The summed E-state index contributed by atoms with van der Waals surface area (Å²) < 4.78 is 23.8. The smallest absolute Gasteiger partial charge is 0.226 e. The minimum Gasteiger partial charge on any atom is -0.325 e. The number of nitriles is 1. The zero-order valence-corrected chi connectivity index (χ0v) is 13.5. The van der Waals surface area contributed by atoms with Crippen molar-refractivity contribution in [3.8, 4) is 6.07 Å². The van der Waals surface area contributed by atoms with Crippen molar-refractivity contribution in [3.05, 3.63) is 28.2 Å². The number of amides is 1. The van der Waals surface area contributed by atoms with Crippen molar-refractivity contribution in [2.75, 3.05) is 23.4 Å². The van der Waals surface area contributed by atoms with Crippen LogP contribution in [0, 0.1) is 11.3 Å². The molecule has 6 nitrogen and oxygen atoms in total. The van der Waals surface area contributed by atoms with E-state index < -0.39 is 9.84 Å². The Morgan fingerprint density at radius 2 is 2.29 bits per heavy atom. The van der Waals surface area contributed by atoms with Gasteiger partial charge in [0.25, 0.3) is 0 Å². The molecule has 0 aliphatic carbocycles. The lowest BCUT2D eigenvalue weighted by molar-refractivity contribution is -0.116. The van der Waals surface area contributed by atoms with E-state index in [0.29, 0.717) is 17.8 Å². The molecule has 1 atom stereocenters. The number of hydrogen-bond donors (Lipinski definition) is 2. The number of hydrogen-bond acceptors (Lipinski definition) is 5. The number of carbonyl (C=O) groups is 1. The summed E-state index contributed by atoms with van der Waals surface area (Å²) >= 11 is 3.25. The molecule has 1 amide bonds. The Kier molecular flexibility index (Phi) is 4.98. The maximum absolute atomic E-state index is 12.0. The quantitative estimate of drug-likeness (QED) is 0.826. The van der Waals surface area contributed by atoms with E-state index in [4.69, 9.17) is 5.26 Å². The predicted molar refractivity (Wildman–Crippen MR) is 82.5 cm³/mol. The highest BCUT2D eigenvalue weighted by atomic mass is 79.9. The second-order valence-electron chi connectivity index (χ2n) is 4.82. The lowest BCUT2D eigenvalue weighted by Crippen LogP contribution is -2.46. The van der Waals surface area contributed by atoms with Crippen LogP contribution >= 0.6 is 15.9 Å². The average Bonchev–Trinajstić information content (AvgIpc) is 2.39. The third kappa shape index (κ3) is 4.52. The van der Waals surface area contributed by atoms with Crippen LogP contribution in [0.25, 0.3) is 0 Å². The number of nitrogens with zero attached hydrogens (tertiary/aromatic N) is 1. The van der Waals surface area contributed by atoms with Crippen molar-refractivity contribution in [2.45, 2.75) is 12.5 Å². The Labute approximate surface area is 131 Å². The second-order valence-corrected chi connectivity index (χ2v) is 7.96. The highest BCUT2D eigenvalue weighted by Crippen LogP contribution is 2.20. The summed E-state index contributed by atoms with van der Waals surface area (Å²) in [6.45, 7) is 0.363. The molecule has 8 heteroatoms.